The molecule has 17 heavy (non-hydrogen) atoms. The number of carbonyl (C=O) groups excluding carboxylic acids is 1. The van der Waals surface area contributed by atoms with E-state index in [1.54, 1.807) is 7.05 Å². The molecule has 0 atom stereocenters. The van der Waals surface area contributed by atoms with Gasteiger partial charge in [0.05, 0.1) is 6.54 Å². The molecule has 0 aliphatic rings. The van der Waals surface area contributed by atoms with Crippen molar-refractivity contribution < 1.29 is 9.90 Å². The molecule has 0 aromatic heterocycles. The maximum absolute atomic E-state index is 9.76. The van der Waals surface area contributed by atoms with Crippen LogP contribution in [0.3, 0.4) is 0 Å². The van der Waals surface area contributed by atoms with E-state index in [1.165, 1.54) is 5.56 Å². The first-order chi connectivity index (χ1) is 8.16. The van der Waals surface area contributed by atoms with Gasteiger partial charge in [-0.1, -0.05) is 49.7 Å². The Bertz CT molecular complexity index is 238. The van der Waals surface area contributed by atoms with Crippen LogP contribution in [0.5, 0.6) is 0 Å². The number of amides is 1. The van der Waals surface area contributed by atoms with Gasteiger partial charge in [0.15, 0.2) is 0 Å². The molecule has 4 heteroatoms. The molecule has 1 amide bonds. The highest BCUT2D eigenvalue weighted by molar-refractivity contribution is 5.75. The van der Waals surface area contributed by atoms with E-state index < -0.39 is 0 Å². The Balaban J connectivity index is -0.000000180. The number of primary amides is 1. The maximum Gasteiger partial charge on any atom is 0.231 e. The molecule has 0 saturated heterocycles. The predicted molar refractivity (Wildman–Crippen MR) is 73.8 cm³/mol. The van der Waals surface area contributed by atoms with Crippen molar-refractivity contribution in [2.24, 2.45) is 5.73 Å². The molecular formula is C13H26N2O2. The van der Waals surface area contributed by atoms with Crippen molar-refractivity contribution in [1.29, 1.82) is 0 Å². The largest absolute Gasteiger partial charge is 0.400 e. The Morgan fingerprint density at radius 2 is 1.65 bits per heavy atom. The molecule has 0 heterocycles. The smallest absolute Gasteiger partial charge is 0.231 e. The Labute approximate surface area is 105 Å². The fourth-order valence-corrected chi connectivity index (χ4v) is 0.709. The first-order valence-corrected chi connectivity index (χ1v) is 5.56. The van der Waals surface area contributed by atoms with Gasteiger partial charge >= 0.3 is 0 Å². The summed E-state index contributed by atoms with van der Waals surface area (Å²) in [6.07, 6.45) is 0. The Morgan fingerprint density at radius 3 is 1.76 bits per heavy atom. The highest BCUT2D eigenvalue weighted by atomic mass is 16.2. The lowest BCUT2D eigenvalue weighted by molar-refractivity contribution is -0.117. The zero-order valence-corrected chi connectivity index (χ0v) is 11.5. The van der Waals surface area contributed by atoms with Crippen molar-refractivity contribution in [2.45, 2.75) is 20.8 Å². The van der Waals surface area contributed by atoms with Crippen LogP contribution >= 0.6 is 0 Å². The Kier molecular flexibility index (Phi) is 24.7. The van der Waals surface area contributed by atoms with Gasteiger partial charge < -0.3 is 16.2 Å². The minimum absolute atomic E-state index is 0.264. The number of aliphatic hydroxyl groups excluding tert-OH is 1. The third-order valence-corrected chi connectivity index (χ3v) is 1.29. The summed E-state index contributed by atoms with van der Waals surface area (Å²) in [6.45, 7) is 6.35. The fourth-order valence-electron chi connectivity index (χ4n) is 0.709. The van der Waals surface area contributed by atoms with Crippen LogP contribution < -0.4 is 11.1 Å². The number of nitrogens with one attached hydrogen (secondary N) is 1. The lowest BCUT2D eigenvalue weighted by atomic mass is 10.2. The molecule has 0 aliphatic carbocycles. The maximum atomic E-state index is 9.76. The monoisotopic (exact) mass is 242 g/mol. The molecule has 100 valence electrons. The van der Waals surface area contributed by atoms with Crippen molar-refractivity contribution in [2.75, 3.05) is 20.7 Å². The number of aryl methyl sites for hydroxylation is 1. The van der Waals surface area contributed by atoms with Crippen molar-refractivity contribution in [3.05, 3.63) is 35.9 Å². The normalized spacial score (nSPS) is 7.18. The summed E-state index contributed by atoms with van der Waals surface area (Å²) in [4.78, 5) is 9.76. The standard InChI is InChI=1S/C7H8.C3H8N2O.C2H6.CH4O/c1-7-5-3-2-4-6-7;1-5-2-3(4)6;2*1-2/h2-6H,1H3;5H,2H2,1H3,(H2,4,6);1-2H3;2H,1H3. The van der Waals surface area contributed by atoms with Gasteiger partial charge in [0.25, 0.3) is 0 Å². The van der Waals surface area contributed by atoms with E-state index in [9.17, 15) is 4.79 Å². The molecule has 4 N–H and O–H groups in total. The predicted octanol–water partition coefficient (Wildman–Crippen LogP) is 1.32. The van der Waals surface area contributed by atoms with Crippen LogP contribution in [0.25, 0.3) is 0 Å². The van der Waals surface area contributed by atoms with Gasteiger partial charge in [-0.15, -0.1) is 0 Å². The van der Waals surface area contributed by atoms with Gasteiger partial charge in [0, 0.05) is 7.11 Å². The second kappa shape index (κ2) is 20.1. The van der Waals surface area contributed by atoms with E-state index in [-0.39, 0.29) is 12.5 Å². The van der Waals surface area contributed by atoms with Gasteiger partial charge in [0.2, 0.25) is 5.91 Å². The Hall–Kier alpha value is -1.39. The van der Waals surface area contributed by atoms with E-state index in [2.05, 4.69) is 24.4 Å². The van der Waals surface area contributed by atoms with Crippen LogP contribution in [0.2, 0.25) is 0 Å². The van der Waals surface area contributed by atoms with Crippen molar-refractivity contribution >= 4 is 5.91 Å². The van der Waals surface area contributed by atoms with Crippen LogP contribution in [-0.2, 0) is 4.79 Å². The molecule has 0 saturated carbocycles. The van der Waals surface area contributed by atoms with Crippen LogP contribution in [0.15, 0.2) is 30.3 Å². The highest BCUT2D eigenvalue weighted by Gasteiger charge is 1.82. The highest BCUT2D eigenvalue weighted by Crippen LogP contribution is 1.92. The van der Waals surface area contributed by atoms with Crippen molar-refractivity contribution in [3.8, 4) is 0 Å². The summed E-state index contributed by atoms with van der Waals surface area (Å²) in [5, 5.41) is 9.59. The minimum Gasteiger partial charge on any atom is -0.400 e. The van der Waals surface area contributed by atoms with Gasteiger partial charge in [-0.3, -0.25) is 4.79 Å². The van der Waals surface area contributed by atoms with Crippen LogP contribution in [0.1, 0.15) is 19.4 Å². The number of nitrogens with two attached hydrogens (primary N) is 1. The van der Waals surface area contributed by atoms with E-state index >= 15 is 0 Å². The third kappa shape index (κ3) is 25.2. The van der Waals surface area contributed by atoms with E-state index in [1.807, 2.05) is 32.0 Å². The number of aliphatic hydroxyl groups is 1. The molecule has 1 aromatic rings. The second-order valence-corrected chi connectivity index (χ2v) is 2.65. The molecule has 0 radical (unpaired) electrons. The lowest BCUT2D eigenvalue weighted by Crippen LogP contribution is -2.25. The molecule has 0 aliphatic heterocycles. The lowest BCUT2D eigenvalue weighted by Gasteiger charge is -1.85. The zero-order valence-electron chi connectivity index (χ0n) is 11.5. The summed E-state index contributed by atoms with van der Waals surface area (Å²) in [7, 11) is 2.67. The molecule has 1 rings (SSSR count). The van der Waals surface area contributed by atoms with Crippen LogP contribution in [0.4, 0.5) is 0 Å². The summed E-state index contributed by atoms with van der Waals surface area (Å²) < 4.78 is 0. The first-order valence-electron chi connectivity index (χ1n) is 5.56. The average Bonchev–Trinajstić information content (AvgIpc) is 2.36. The van der Waals surface area contributed by atoms with E-state index in [4.69, 9.17) is 10.8 Å². The number of carbonyl (C=O) groups is 1. The number of rotatable bonds is 2. The van der Waals surface area contributed by atoms with Crippen LogP contribution in [0, 0.1) is 6.92 Å². The SMILES string of the molecule is CC.CNCC(N)=O.CO.Cc1ccccc1. The van der Waals surface area contributed by atoms with E-state index in [0.29, 0.717) is 0 Å². The topological polar surface area (TPSA) is 75.3 Å². The van der Waals surface area contributed by atoms with Crippen molar-refractivity contribution in [1.82, 2.24) is 5.32 Å². The molecule has 0 unspecified atom stereocenters. The number of hydrogen-bond donors (Lipinski definition) is 3. The zero-order chi connectivity index (χ0) is 14.1. The fraction of sp³-hybridized carbons (Fsp3) is 0.462. The molecular weight excluding hydrogens is 216 g/mol. The number of likely N-dealkylation sites (N-methyl/N-ethyl adjacent to an activating group) is 1. The summed E-state index contributed by atoms with van der Waals surface area (Å²) in [5.74, 6) is -0.322. The molecule has 0 spiro atoms. The summed E-state index contributed by atoms with van der Waals surface area (Å²) in [5.41, 5.74) is 6.02. The molecule has 4 nitrogen and oxygen atoms in total. The third-order valence-electron chi connectivity index (χ3n) is 1.29. The number of benzene rings is 1. The first kappa shape index (κ1) is 21.0. The van der Waals surface area contributed by atoms with Gasteiger partial charge in [-0.25, -0.2) is 0 Å². The van der Waals surface area contributed by atoms with E-state index in [0.717, 1.165) is 7.11 Å². The van der Waals surface area contributed by atoms with Gasteiger partial charge in [-0.2, -0.15) is 0 Å². The summed E-state index contributed by atoms with van der Waals surface area (Å²) >= 11 is 0. The van der Waals surface area contributed by atoms with Crippen LogP contribution in [-0.4, -0.2) is 31.7 Å². The van der Waals surface area contributed by atoms with Gasteiger partial charge in [-0.05, 0) is 14.0 Å². The van der Waals surface area contributed by atoms with Crippen molar-refractivity contribution in [3.63, 3.8) is 0 Å². The molecule has 1 aromatic carbocycles. The average molecular weight is 242 g/mol. The summed E-state index contributed by atoms with van der Waals surface area (Å²) in [6, 6.07) is 10.3. The second-order valence-electron chi connectivity index (χ2n) is 2.65. The Morgan fingerprint density at radius 1 is 1.24 bits per heavy atom. The number of hydrogen-bond acceptors (Lipinski definition) is 3. The molecule has 0 bridgehead atoms. The minimum atomic E-state index is -0.322. The molecule has 0 fully saturated rings. The quantitative estimate of drug-likeness (QED) is 0.732. The van der Waals surface area contributed by atoms with Gasteiger partial charge in [0.1, 0.15) is 0 Å².